The van der Waals surface area contributed by atoms with Crippen molar-refractivity contribution in [3.05, 3.63) is 17.2 Å². The number of nitrogens with zero attached hydrogens (tertiary/aromatic N) is 1. The Kier molecular flexibility index (Phi) is 3.91. The van der Waals surface area contributed by atoms with E-state index in [4.69, 9.17) is 19.3 Å². The van der Waals surface area contributed by atoms with Crippen LogP contribution in [0.1, 0.15) is 23.6 Å². The summed E-state index contributed by atoms with van der Waals surface area (Å²) in [5.74, 6) is 8.39. The molecule has 1 N–H and O–H groups in total. The predicted molar refractivity (Wildman–Crippen MR) is 77.7 cm³/mol. The van der Waals surface area contributed by atoms with Crippen molar-refractivity contribution in [2.75, 3.05) is 34.1 Å². The lowest BCUT2D eigenvalue weighted by Gasteiger charge is -2.32. The fraction of sp³-hybridized carbons (Fsp3) is 0.500. The second kappa shape index (κ2) is 5.84. The number of fused-ring (bicyclic) bond motifs is 2. The molecule has 112 valence electrons. The molecule has 1 atom stereocenters. The summed E-state index contributed by atoms with van der Waals surface area (Å²) in [6.45, 7) is 1.23. The van der Waals surface area contributed by atoms with E-state index in [-0.39, 0.29) is 19.4 Å². The van der Waals surface area contributed by atoms with Crippen LogP contribution in [-0.4, -0.2) is 44.1 Å². The first-order valence-electron chi connectivity index (χ1n) is 7.05. The van der Waals surface area contributed by atoms with E-state index in [0.29, 0.717) is 12.2 Å². The van der Waals surface area contributed by atoms with Crippen LogP contribution in [0.25, 0.3) is 0 Å². The Morgan fingerprint density at radius 1 is 1.48 bits per heavy atom. The van der Waals surface area contributed by atoms with Crippen molar-refractivity contribution in [1.82, 2.24) is 4.90 Å². The summed E-state index contributed by atoms with van der Waals surface area (Å²) < 4.78 is 16.6. The van der Waals surface area contributed by atoms with Crippen LogP contribution in [0.15, 0.2) is 6.07 Å². The third-order valence-corrected chi connectivity index (χ3v) is 3.87. The molecule has 0 radical (unpaired) electrons. The summed E-state index contributed by atoms with van der Waals surface area (Å²) in [6, 6.07) is 1.98. The number of ether oxygens (including phenoxy) is 3. The highest BCUT2D eigenvalue weighted by molar-refractivity contribution is 5.62. The summed E-state index contributed by atoms with van der Waals surface area (Å²) in [5.41, 5.74) is 2.25. The number of aliphatic hydroxyl groups is 1. The van der Waals surface area contributed by atoms with Gasteiger partial charge < -0.3 is 19.3 Å². The molecule has 2 aliphatic heterocycles. The monoisotopic (exact) mass is 289 g/mol. The number of rotatable bonds is 2. The van der Waals surface area contributed by atoms with Gasteiger partial charge in [0.05, 0.1) is 13.7 Å². The zero-order valence-electron chi connectivity index (χ0n) is 12.3. The van der Waals surface area contributed by atoms with Gasteiger partial charge in [0.1, 0.15) is 6.04 Å². The van der Waals surface area contributed by atoms with Crippen molar-refractivity contribution in [3.8, 4) is 29.1 Å². The summed E-state index contributed by atoms with van der Waals surface area (Å²) in [5, 5.41) is 8.91. The van der Waals surface area contributed by atoms with Gasteiger partial charge in [-0.2, -0.15) is 0 Å². The van der Waals surface area contributed by atoms with Crippen molar-refractivity contribution in [2.24, 2.45) is 0 Å². The third kappa shape index (κ3) is 2.41. The van der Waals surface area contributed by atoms with Gasteiger partial charge in [0.15, 0.2) is 11.5 Å². The molecular weight excluding hydrogens is 270 g/mol. The third-order valence-electron chi connectivity index (χ3n) is 3.87. The van der Waals surface area contributed by atoms with E-state index >= 15 is 0 Å². The number of aliphatic hydroxyl groups excluding tert-OH is 1. The van der Waals surface area contributed by atoms with E-state index in [2.05, 4.69) is 16.7 Å². The van der Waals surface area contributed by atoms with E-state index in [9.17, 15) is 0 Å². The van der Waals surface area contributed by atoms with Gasteiger partial charge in [0.25, 0.3) is 0 Å². The molecule has 1 aromatic carbocycles. The lowest BCUT2D eigenvalue weighted by atomic mass is 9.91. The molecule has 2 heterocycles. The minimum Gasteiger partial charge on any atom is -0.492 e. The van der Waals surface area contributed by atoms with Crippen LogP contribution in [0.5, 0.6) is 17.2 Å². The van der Waals surface area contributed by atoms with Gasteiger partial charge in [-0.3, -0.25) is 4.90 Å². The van der Waals surface area contributed by atoms with Gasteiger partial charge in [-0.05, 0) is 25.1 Å². The summed E-state index contributed by atoms with van der Waals surface area (Å²) >= 11 is 0. The Labute approximate surface area is 124 Å². The van der Waals surface area contributed by atoms with Gasteiger partial charge in [-0.1, -0.05) is 11.8 Å². The van der Waals surface area contributed by atoms with Crippen LogP contribution < -0.4 is 14.2 Å². The number of benzene rings is 1. The van der Waals surface area contributed by atoms with E-state index in [1.807, 2.05) is 13.1 Å². The SMILES string of the molecule is COc1c2c(cc3c1[C@H](C#CCCO)N(C)CC3)OCO2. The normalized spacial score (nSPS) is 19.7. The van der Waals surface area contributed by atoms with Gasteiger partial charge in [-0.15, -0.1) is 0 Å². The second-order valence-corrected chi connectivity index (χ2v) is 5.14. The van der Waals surface area contributed by atoms with Gasteiger partial charge >= 0.3 is 0 Å². The topological polar surface area (TPSA) is 51.2 Å². The Bertz CT molecular complexity index is 603. The smallest absolute Gasteiger partial charge is 0.231 e. The van der Waals surface area contributed by atoms with E-state index < -0.39 is 0 Å². The molecule has 0 unspecified atom stereocenters. The lowest BCUT2D eigenvalue weighted by molar-refractivity contribution is 0.171. The minimum absolute atomic E-state index is 0.0512. The predicted octanol–water partition coefficient (Wildman–Crippen LogP) is 1.34. The van der Waals surface area contributed by atoms with Crippen molar-refractivity contribution in [1.29, 1.82) is 0 Å². The molecule has 21 heavy (non-hydrogen) atoms. The van der Waals surface area contributed by atoms with Crippen molar-refractivity contribution < 1.29 is 19.3 Å². The molecule has 0 saturated heterocycles. The van der Waals surface area contributed by atoms with Crippen molar-refractivity contribution in [2.45, 2.75) is 18.9 Å². The summed E-state index contributed by atoms with van der Waals surface area (Å²) in [6.07, 6.45) is 1.41. The Morgan fingerprint density at radius 2 is 2.33 bits per heavy atom. The molecule has 0 spiro atoms. The zero-order valence-corrected chi connectivity index (χ0v) is 12.3. The highest BCUT2D eigenvalue weighted by Crippen LogP contribution is 2.49. The highest BCUT2D eigenvalue weighted by Gasteiger charge is 2.33. The van der Waals surface area contributed by atoms with Crippen LogP contribution in [0.3, 0.4) is 0 Å². The van der Waals surface area contributed by atoms with Gasteiger partial charge in [0.2, 0.25) is 12.5 Å². The molecule has 2 aliphatic rings. The maximum absolute atomic E-state index is 8.91. The summed E-state index contributed by atoms with van der Waals surface area (Å²) in [7, 11) is 3.69. The molecule has 0 aromatic heterocycles. The summed E-state index contributed by atoms with van der Waals surface area (Å²) in [4.78, 5) is 2.19. The Hall–Kier alpha value is -1.90. The molecule has 0 amide bonds. The first-order valence-corrected chi connectivity index (χ1v) is 7.05. The minimum atomic E-state index is -0.0512. The lowest BCUT2D eigenvalue weighted by Crippen LogP contribution is -2.31. The molecule has 3 rings (SSSR count). The van der Waals surface area contributed by atoms with Crippen LogP contribution in [0, 0.1) is 11.8 Å². The van der Waals surface area contributed by atoms with Gasteiger partial charge in [0, 0.05) is 18.5 Å². The number of likely N-dealkylation sites (N-methyl/N-ethyl adjacent to an activating group) is 1. The zero-order chi connectivity index (χ0) is 14.8. The van der Waals surface area contributed by atoms with Crippen LogP contribution in [0.4, 0.5) is 0 Å². The first kappa shape index (κ1) is 14.1. The highest BCUT2D eigenvalue weighted by atomic mass is 16.7. The van der Waals surface area contributed by atoms with Crippen LogP contribution in [-0.2, 0) is 6.42 Å². The van der Waals surface area contributed by atoms with Crippen molar-refractivity contribution in [3.63, 3.8) is 0 Å². The fourth-order valence-electron chi connectivity index (χ4n) is 2.84. The van der Waals surface area contributed by atoms with Crippen molar-refractivity contribution >= 4 is 0 Å². The molecule has 1 aromatic rings. The first-order chi connectivity index (χ1) is 10.3. The number of hydrogen-bond acceptors (Lipinski definition) is 5. The Balaban J connectivity index is 2.10. The largest absolute Gasteiger partial charge is 0.492 e. The number of hydrogen-bond donors (Lipinski definition) is 1. The van der Waals surface area contributed by atoms with Crippen LogP contribution >= 0.6 is 0 Å². The number of methoxy groups -OCH3 is 1. The average molecular weight is 289 g/mol. The molecule has 0 aliphatic carbocycles. The molecule has 5 nitrogen and oxygen atoms in total. The van der Waals surface area contributed by atoms with E-state index in [1.54, 1.807) is 7.11 Å². The average Bonchev–Trinajstić information content (AvgIpc) is 2.95. The maximum atomic E-state index is 8.91. The van der Waals surface area contributed by atoms with Crippen LogP contribution in [0.2, 0.25) is 0 Å². The van der Waals surface area contributed by atoms with E-state index in [1.165, 1.54) is 5.56 Å². The maximum Gasteiger partial charge on any atom is 0.231 e. The molecule has 0 saturated carbocycles. The standard InChI is InChI=1S/C16H19NO4/c1-17-7-6-11-9-13-15(21-10-20-13)16(19-2)14(11)12(17)5-3-4-8-18/h9,12,18H,4,6-8,10H2,1-2H3/t12-/m0/s1. The Morgan fingerprint density at radius 3 is 3.10 bits per heavy atom. The quantitative estimate of drug-likeness (QED) is 0.833. The molecule has 0 bridgehead atoms. The van der Waals surface area contributed by atoms with Gasteiger partial charge in [-0.25, -0.2) is 0 Å². The fourth-order valence-corrected chi connectivity index (χ4v) is 2.84. The molecule has 0 fully saturated rings. The van der Waals surface area contributed by atoms with E-state index in [0.717, 1.165) is 30.0 Å². The molecule has 5 heteroatoms. The molecular formula is C16H19NO4. The second-order valence-electron chi connectivity index (χ2n) is 5.14.